The third kappa shape index (κ3) is 1.89. The third-order valence-corrected chi connectivity index (χ3v) is 4.00. The van der Waals surface area contributed by atoms with E-state index in [1.807, 2.05) is 53.4 Å². The van der Waals surface area contributed by atoms with Gasteiger partial charge in [-0.25, -0.2) is 0 Å². The highest BCUT2D eigenvalue weighted by Gasteiger charge is 2.39. The summed E-state index contributed by atoms with van der Waals surface area (Å²) in [5, 5.41) is 1.06. The number of β-lactam (4-membered cyclic amide) rings is 1. The van der Waals surface area contributed by atoms with Gasteiger partial charge in [0.1, 0.15) is 0 Å². The molecule has 0 radical (unpaired) electrons. The van der Waals surface area contributed by atoms with Gasteiger partial charge in [-0.05, 0) is 17.7 Å². The van der Waals surface area contributed by atoms with E-state index in [9.17, 15) is 4.79 Å². The molecule has 102 valence electrons. The van der Waals surface area contributed by atoms with Crippen LogP contribution in [0.4, 0.5) is 5.69 Å². The van der Waals surface area contributed by atoms with E-state index in [1.165, 1.54) is 5.56 Å². The molecule has 0 saturated carbocycles. The van der Waals surface area contributed by atoms with E-state index in [0.29, 0.717) is 6.42 Å². The lowest BCUT2D eigenvalue weighted by Gasteiger charge is -2.41. The van der Waals surface area contributed by atoms with Crippen LogP contribution in [0.5, 0.6) is 0 Å². The van der Waals surface area contributed by atoms with E-state index in [-0.39, 0.29) is 11.9 Å². The largest absolute Gasteiger partial charge is 0.302 e. The topological polar surface area (TPSA) is 33.2 Å². The van der Waals surface area contributed by atoms with Crippen molar-refractivity contribution in [2.24, 2.45) is 0 Å². The molecule has 3 heteroatoms. The van der Waals surface area contributed by atoms with Crippen LogP contribution < -0.4 is 4.90 Å². The zero-order valence-electron chi connectivity index (χ0n) is 11.4. The van der Waals surface area contributed by atoms with Gasteiger partial charge in [-0.1, -0.05) is 48.5 Å². The maximum atomic E-state index is 12.2. The number of hydrogen-bond donors (Lipinski definition) is 0. The molecule has 1 aliphatic heterocycles. The SMILES string of the molecule is O=C1CC(c2ccccc2)N1c1cccc2cccnc12. The van der Waals surface area contributed by atoms with Gasteiger partial charge in [0.05, 0.1) is 23.7 Å². The zero-order valence-corrected chi connectivity index (χ0v) is 11.4. The minimum Gasteiger partial charge on any atom is -0.302 e. The van der Waals surface area contributed by atoms with Crippen molar-refractivity contribution in [2.75, 3.05) is 4.90 Å². The molecule has 0 N–H and O–H groups in total. The Bertz CT molecular complexity index is 808. The van der Waals surface area contributed by atoms with Crippen LogP contribution in [0.1, 0.15) is 18.0 Å². The minimum atomic E-state index is 0.117. The van der Waals surface area contributed by atoms with E-state index < -0.39 is 0 Å². The van der Waals surface area contributed by atoms with E-state index in [4.69, 9.17) is 0 Å². The quantitative estimate of drug-likeness (QED) is 0.667. The molecule has 1 fully saturated rings. The summed E-state index contributed by atoms with van der Waals surface area (Å²) < 4.78 is 0. The van der Waals surface area contributed by atoms with Gasteiger partial charge in [0, 0.05) is 11.6 Å². The van der Waals surface area contributed by atoms with E-state index in [1.54, 1.807) is 6.20 Å². The fourth-order valence-electron chi connectivity index (χ4n) is 2.94. The number of amides is 1. The molecule has 0 aliphatic carbocycles. The van der Waals surface area contributed by atoms with E-state index >= 15 is 0 Å². The second kappa shape index (κ2) is 4.70. The van der Waals surface area contributed by atoms with Crippen molar-refractivity contribution in [2.45, 2.75) is 12.5 Å². The fourth-order valence-corrected chi connectivity index (χ4v) is 2.94. The molecule has 1 aromatic heterocycles. The van der Waals surface area contributed by atoms with Gasteiger partial charge in [-0.2, -0.15) is 0 Å². The summed E-state index contributed by atoms with van der Waals surface area (Å²) in [7, 11) is 0. The number of hydrogen-bond acceptors (Lipinski definition) is 2. The highest BCUT2D eigenvalue weighted by molar-refractivity contribution is 6.07. The average Bonchev–Trinajstić information content (AvgIpc) is 2.54. The number of rotatable bonds is 2. The lowest BCUT2D eigenvalue weighted by atomic mass is 9.92. The number of carbonyl (C=O) groups excluding carboxylic acids is 1. The van der Waals surface area contributed by atoms with E-state index in [2.05, 4.69) is 17.1 Å². The highest BCUT2D eigenvalue weighted by Crippen LogP contribution is 2.40. The predicted molar refractivity (Wildman–Crippen MR) is 83.0 cm³/mol. The molecular formula is C18H14N2O. The van der Waals surface area contributed by atoms with E-state index in [0.717, 1.165) is 16.6 Å². The van der Waals surface area contributed by atoms with Gasteiger partial charge < -0.3 is 4.90 Å². The zero-order chi connectivity index (χ0) is 14.2. The number of anilines is 1. The molecule has 4 rings (SSSR count). The number of fused-ring (bicyclic) bond motifs is 1. The van der Waals surface area contributed by atoms with Gasteiger partial charge >= 0.3 is 0 Å². The summed E-state index contributed by atoms with van der Waals surface area (Å²) in [6, 6.07) is 20.2. The first-order valence-corrected chi connectivity index (χ1v) is 7.05. The lowest BCUT2D eigenvalue weighted by molar-refractivity contribution is -0.124. The molecule has 21 heavy (non-hydrogen) atoms. The third-order valence-electron chi connectivity index (χ3n) is 4.00. The van der Waals surface area contributed by atoms with Crippen LogP contribution in [-0.2, 0) is 4.79 Å². The van der Waals surface area contributed by atoms with Crippen LogP contribution in [0.2, 0.25) is 0 Å². The maximum Gasteiger partial charge on any atom is 0.230 e. The monoisotopic (exact) mass is 274 g/mol. The predicted octanol–water partition coefficient (Wildman–Crippen LogP) is 3.71. The lowest BCUT2D eigenvalue weighted by Crippen LogP contribution is -2.46. The van der Waals surface area contributed by atoms with Crippen molar-refractivity contribution in [3.8, 4) is 0 Å². The van der Waals surface area contributed by atoms with Crippen molar-refractivity contribution in [3.05, 3.63) is 72.4 Å². The van der Waals surface area contributed by atoms with Gasteiger partial charge in [-0.3, -0.25) is 9.78 Å². The van der Waals surface area contributed by atoms with Crippen LogP contribution >= 0.6 is 0 Å². The molecule has 1 aliphatic rings. The van der Waals surface area contributed by atoms with Crippen molar-refractivity contribution in [1.29, 1.82) is 0 Å². The Hall–Kier alpha value is -2.68. The molecule has 3 aromatic rings. The van der Waals surface area contributed by atoms with Crippen LogP contribution in [0.25, 0.3) is 10.9 Å². The Morgan fingerprint density at radius 3 is 2.57 bits per heavy atom. The van der Waals surface area contributed by atoms with Crippen LogP contribution in [0.3, 0.4) is 0 Å². The molecule has 1 atom stereocenters. The Kier molecular flexibility index (Phi) is 2.71. The van der Waals surface area contributed by atoms with Crippen molar-refractivity contribution in [3.63, 3.8) is 0 Å². The normalized spacial score (nSPS) is 17.8. The highest BCUT2D eigenvalue weighted by atomic mass is 16.2. The molecule has 0 bridgehead atoms. The molecule has 2 heterocycles. The van der Waals surface area contributed by atoms with Gasteiger partial charge in [0.2, 0.25) is 5.91 Å². The van der Waals surface area contributed by atoms with Crippen LogP contribution in [0, 0.1) is 0 Å². The summed E-state index contributed by atoms with van der Waals surface area (Å²) >= 11 is 0. The smallest absolute Gasteiger partial charge is 0.230 e. The minimum absolute atomic E-state index is 0.117. The van der Waals surface area contributed by atoms with Crippen LogP contribution in [-0.4, -0.2) is 10.9 Å². The Labute approximate surface area is 122 Å². The summed E-state index contributed by atoms with van der Waals surface area (Å²) in [6.45, 7) is 0. The Morgan fingerprint density at radius 2 is 1.76 bits per heavy atom. The second-order valence-electron chi connectivity index (χ2n) is 5.25. The number of pyridine rings is 1. The van der Waals surface area contributed by atoms with Crippen molar-refractivity contribution < 1.29 is 4.79 Å². The Morgan fingerprint density at radius 1 is 0.952 bits per heavy atom. The molecule has 2 aromatic carbocycles. The number of para-hydroxylation sites is 1. The first-order valence-electron chi connectivity index (χ1n) is 7.05. The first-order chi connectivity index (χ1) is 10.3. The number of benzene rings is 2. The average molecular weight is 274 g/mol. The maximum absolute atomic E-state index is 12.2. The van der Waals surface area contributed by atoms with Crippen molar-refractivity contribution in [1.82, 2.24) is 4.98 Å². The Balaban J connectivity index is 1.82. The summed E-state index contributed by atoms with van der Waals surface area (Å²) in [6.07, 6.45) is 2.33. The molecule has 1 unspecified atom stereocenters. The fraction of sp³-hybridized carbons (Fsp3) is 0.111. The first kappa shape index (κ1) is 12.1. The second-order valence-corrected chi connectivity index (χ2v) is 5.25. The standard InChI is InChI=1S/C18H14N2O/c21-17-12-16(13-6-2-1-3-7-13)20(17)15-10-4-8-14-9-5-11-19-18(14)15/h1-11,16H,12H2. The molecule has 3 nitrogen and oxygen atoms in total. The summed E-state index contributed by atoms with van der Waals surface area (Å²) in [4.78, 5) is 18.5. The van der Waals surface area contributed by atoms with Crippen LogP contribution in [0.15, 0.2) is 66.9 Å². The number of aromatic nitrogens is 1. The van der Waals surface area contributed by atoms with Crippen molar-refractivity contribution >= 4 is 22.5 Å². The van der Waals surface area contributed by atoms with Gasteiger partial charge in [0.25, 0.3) is 0 Å². The van der Waals surface area contributed by atoms with Gasteiger partial charge in [0.15, 0.2) is 0 Å². The molecule has 1 saturated heterocycles. The summed E-state index contributed by atoms with van der Waals surface area (Å²) in [5.41, 5.74) is 2.96. The molecule has 0 spiro atoms. The molecular weight excluding hydrogens is 260 g/mol. The summed E-state index contributed by atoms with van der Waals surface area (Å²) in [5.74, 6) is 0.155. The van der Waals surface area contributed by atoms with Gasteiger partial charge in [-0.15, -0.1) is 0 Å². The number of carbonyl (C=O) groups is 1. The molecule has 1 amide bonds. The number of nitrogens with zero attached hydrogens (tertiary/aromatic N) is 2.